The topological polar surface area (TPSA) is 20.2 Å². The van der Waals surface area contributed by atoms with E-state index >= 15 is 0 Å². The van der Waals surface area contributed by atoms with Gasteiger partial charge in [-0.25, -0.2) is 0 Å². The van der Waals surface area contributed by atoms with Gasteiger partial charge in [-0.2, -0.15) is 26.3 Å². The van der Waals surface area contributed by atoms with Crippen molar-refractivity contribution < 1.29 is 31.4 Å². The SMILES string of the molecule is CC(Br)c1ccc(C(F)(F)C(O)(F)C(F)(F)F)cc1. The molecular weight excluding hydrogens is 342 g/mol. The van der Waals surface area contributed by atoms with Crippen molar-refractivity contribution in [2.75, 3.05) is 0 Å². The molecule has 0 heterocycles. The van der Waals surface area contributed by atoms with Gasteiger partial charge in [-0.05, 0) is 12.5 Å². The molecule has 0 aliphatic heterocycles. The standard InChI is InChI=1S/C11H9BrF6O/c1-6(12)7-2-4-8(5-3-7)9(13,14)10(15,19)11(16,17)18/h2-6,19H,1H3. The van der Waals surface area contributed by atoms with Crippen LogP contribution in [0.25, 0.3) is 0 Å². The Labute approximate surface area is 113 Å². The molecule has 2 atom stereocenters. The summed E-state index contributed by atoms with van der Waals surface area (Å²) in [5, 5.41) is 8.46. The molecule has 0 amide bonds. The van der Waals surface area contributed by atoms with E-state index in [0.29, 0.717) is 17.7 Å². The van der Waals surface area contributed by atoms with Gasteiger partial charge in [0.25, 0.3) is 0 Å². The minimum atomic E-state index is -6.10. The van der Waals surface area contributed by atoms with E-state index in [-0.39, 0.29) is 4.83 Å². The number of hydrogen-bond acceptors (Lipinski definition) is 1. The van der Waals surface area contributed by atoms with Crippen molar-refractivity contribution in [3.05, 3.63) is 35.4 Å². The molecular formula is C11H9BrF6O. The van der Waals surface area contributed by atoms with Gasteiger partial charge in [0.05, 0.1) is 0 Å². The van der Waals surface area contributed by atoms with Crippen LogP contribution in [0.15, 0.2) is 24.3 Å². The monoisotopic (exact) mass is 350 g/mol. The predicted molar refractivity (Wildman–Crippen MR) is 59.8 cm³/mol. The van der Waals surface area contributed by atoms with Crippen LogP contribution in [-0.2, 0) is 5.92 Å². The smallest absolute Gasteiger partial charge is 0.350 e. The first kappa shape index (κ1) is 16.3. The Kier molecular flexibility index (Phi) is 4.26. The molecule has 0 aliphatic carbocycles. The van der Waals surface area contributed by atoms with Gasteiger partial charge < -0.3 is 5.11 Å². The Morgan fingerprint density at radius 1 is 1.00 bits per heavy atom. The highest BCUT2D eigenvalue weighted by molar-refractivity contribution is 9.09. The van der Waals surface area contributed by atoms with Crippen LogP contribution in [0.2, 0.25) is 0 Å². The van der Waals surface area contributed by atoms with Gasteiger partial charge in [-0.3, -0.25) is 0 Å². The highest BCUT2D eigenvalue weighted by atomic mass is 79.9. The molecule has 108 valence electrons. The maximum absolute atomic E-state index is 13.4. The van der Waals surface area contributed by atoms with Crippen LogP contribution >= 0.6 is 15.9 Å². The van der Waals surface area contributed by atoms with Gasteiger partial charge in [-0.1, -0.05) is 40.2 Å². The van der Waals surface area contributed by atoms with Crippen LogP contribution in [0.4, 0.5) is 26.3 Å². The lowest BCUT2D eigenvalue weighted by Gasteiger charge is -2.30. The molecule has 0 aliphatic rings. The molecule has 1 aromatic rings. The van der Waals surface area contributed by atoms with E-state index in [2.05, 4.69) is 15.9 Å². The fraction of sp³-hybridized carbons (Fsp3) is 0.455. The highest BCUT2D eigenvalue weighted by Crippen LogP contribution is 2.49. The number of aliphatic hydroxyl groups is 1. The molecule has 0 saturated heterocycles. The van der Waals surface area contributed by atoms with Gasteiger partial charge in [0.1, 0.15) is 0 Å². The molecule has 0 bridgehead atoms. The summed E-state index contributed by atoms with van der Waals surface area (Å²) in [5.74, 6) is -10.7. The van der Waals surface area contributed by atoms with Crippen LogP contribution < -0.4 is 0 Å². The summed E-state index contributed by atoms with van der Waals surface area (Å²) in [6, 6.07) is 3.52. The summed E-state index contributed by atoms with van der Waals surface area (Å²) in [6.45, 7) is 1.67. The molecule has 1 rings (SSSR count). The van der Waals surface area contributed by atoms with E-state index in [0.717, 1.165) is 12.1 Å². The summed E-state index contributed by atoms with van der Waals surface area (Å²) in [5.41, 5.74) is -0.735. The molecule has 0 radical (unpaired) electrons. The lowest BCUT2D eigenvalue weighted by Crippen LogP contribution is -2.53. The lowest BCUT2D eigenvalue weighted by atomic mass is 9.99. The van der Waals surface area contributed by atoms with Crippen molar-refractivity contribution in [1.29, 1.82) is 0 Å². The van der Waals surface area contributed by atoms with E-state index in [1.165, 1.54) is 0 Å². The van der Waals surface area contributed by atoms with Crippen molar-refractivity contribution in [2.24, 2.45) is 0 Å². The molecule has 0 aromatic heterocycles. The summed E-state index contributed by atoms with van der Waals surface area (Å²) >= 11 is 3.14. The third-order valence-electron chi connectivity index (χ3n) is 2.52. The second-order valence-corrected chi connectivity index (χ2v) is 5.31. The fourth-order valence-electron chi connectivity index (χ4n) is 1.33. The maximum atomic E-state index is 13.4. The third kappa shape index (κ3) is 2.89. The van der Waals surface area contributed by atoms with Crippen LogP contribution in [0.5, 0.6) is 0 Å². The Bertz CT molecular complexity index is 437. The first-order chi connectivity index (χ1) is 8.41. The van der Waals surface area contributed by atoms with Crippen LogP contribution in [0.1, 0.15) is 22.9 Å². The molecule has 0 fully saturated rings. The number of hydrogen-bond donors (Lipinski definition) is 1. The minimum Gasteiger partial charge on any atom is -0.350 e. The van der Waals surface area contributed by atoms with Crippen LogP contribution in [0, 0.1) is 0 Å². The summed E-state index contributed by atoms with van der Waals surface area (Å²) in [7, 11) is 0. The zero-order valence-electron chi connectivity index (χ0n) is 9.48. The fourth-order valence-corrected chi connectivity index (χ4v) is 1.63. The van der Waals surface area contributed by atoms with Gasteiger partial charge in [0.2, 0.25) is 0 Å². The van der Waals surface area contributed by atoms with Gasteiger partial charge in [-0.15, -0.1) is 0 Å². The van der Waals surface area contributed by atoms with Crippen molar-refractivity contribution >= 4 is 15.9 Å². The average Bonchev–Trinajstić information content (AvgIpc) is 2.27. The second-order valence-electron chi connectivity index (χ2n) is 3.93. The normalized spacial score (nSPS) is 17.9. The quantitative estimate of drug-likeness (QED) is 0.630. The Morgan fingerprint density at radius 3 is 1.74 bits per heavy atom. The van der Waals surface area contributed by atoms with E-state index in [1.54, 1.807) is 6.92 Å². The van der Waals surface area contributed by atoms with E-state index in [9.17, 15) is 26.3 Å². The van der Waals surface area contributed by atoms with Gasteiger partial charge in [0.15, 0.2) is 0 Å². The molecule has 1 N–H and O–H groups in total. The molecule has 1 nitrogen and oxygen atoms in total. The molecule has 0 saturated carbocycles. The van der Waals surface area contributed by atoms with E-state index < -0.39 is 23.5 Å². The maximum Gasteiger partial charge on any atom is 0.455 e. The summed E-state index contributed by atoms with van der Waals surface area (Å²) in [6.07, 6.45) is -6.10. The summed E-state index contributed by atoms with van der Waals surface area (Å²) < 4.78 is 76.1. The lowest BCUT2D eigenvalue weighted by molar-refractivity contribution is -0.390. The molecule has 0 spiro atoms. The Hall–Kier alpha value is -0.760. The zero-order chi connectivity index (χ0) is 15.1. The summed E-state index contributed by atoms with van der Waals surface area (Å²) in [4.78, 5) is -0.206. The van der Waals surface area contributed by atoms with Gasteiger partial charge >= 0.3 is 18.0 Å². The van der Waals surface area contributed by atoms with Crippen molar-refractivity contribution in [3.8, 4) is 0 Å². The molecule has 1 aromatic carbocycles. The van der Waals surface area contributed by atoms with Crippen molar-refractivity contribution in [1.82, 2.24) is 0 Å². The molecule has 19 heavy (non-hydrogen) atoms. The minimum absolute atomic E-state index is 0.206. The first-order valence-electron chi connectivity index (χ1n) is 5.01. The van der Waals surface area contributed by atoms with Crippen molar-refractivity contribution in [3.63, 3.8) is 0 Å². The van der Waals surface area contributed by atoms with Crippen LogP contribution in [-0.4, -0.2) is 17.1 Å². The number of rotatable bonds is 3. The first-order valence-corrected chi connectivity index (χ1v) is 5.93. The molecule has 8 heteroatoms. The second kappa shape index (κ2) is 4.97. The average molecular weight is 351 g/mol. The third-order valence-corrected chi connectivity index (χ3v) is 3.05. The van der Waals surface area contributed by atoms with E-state index in [4.69, 9.17) is 5.11 Å². The zero-order valence-corrected chi connectivity index (χ0v) is 11.1. The van der Waals surface area contributed by atoms with Crippen molar-refractivity contribution in [2.45, 2.75) is 29.7 Å². The number of benzene rings is 1. The largest absolute Gasteiger partial charge is 0.455 e. The Morgan fingerprint density at radius 2 is 1.42 bits per heavy atom. The van der Waals surface area contributed by atoms with E-state index in [1.807, 2.05) is 0 Å². The molecule has 2 unspecified atom stereocenters. The predicted octanol–water partition coefficient (Wildman–Crippen LogP) is 4.45. The number of alkyl halides is 7. The van der Waals surface area contributed by atoms with Crippen LogP contribution in [0.3, 0.4) is 0 Å². The highest BCUT2D eigenvalue weighted by Gasteiger charge is 2.71. The Balaban J connectivity index is 3.20. The number of halogens is 7. The van der Waals surface area contributed by atoms with Gasteiger partial charge in [0, 0.05) is 10.4 Å².